The van der Waals surface area contributed by atoms with Crippen molar-refractivity contribution < 1.29 is 13.2 Å². The van der Waals surface area contributed by atoms with Gasteiger partial charge in [-0.15, -0.1) is 0 Å². The highest BCUT2D eigenvalue weighted by atomic mass is 32.2. The molecule has 0 radical (unpaired) electrons. The Kier molecular flexibility index (Phi) is 5.80. The van der Waals surface area contributed by atoms with E-state index in [1.165, 1.54) is 0 Å². The fourth-order valence-corrected chi connectivity index (χ4v) is 4.03. The maximum Gasteiger partial charge on any atom is 0.240 e. The molecule has 0 saturated carbocycles. The summed E-state index contributed by atoms with van der Waals surface area (Å²) in [6, 6.07) is -0.728. The molecule has 0 bridgehead atoms. The normalized spacial score (nSPS) is 23.5. The van der Waals surface area contributed by atoms with E-state index >= 15 is 0 Å². The van der Waals surface area contributed by atoms with Gasteiger partial charge in [0, 0.05) is 12.6 Å². The predicted octanol–water partition coefficient (Wildman–Crippen LogP) is 0.786. The summed E-state index contributed by atoms with van der Waals surface area (Å²) < 4.78 is 23.2. The van der Waals surface area contributed by atoms with Gasteiger partial charge in [0.1, 0.15) is 0 Å². The number of carbonyl (C=O) groups is 1. The van der Waals surface area contributed by atoms with Crippen molar-refractivity contribution in [2.24, 2.45) is 11.7 Å². The maximum absolute atomic E-state index is 12.4. The number of sulfone groups is 1. The fraction of sp³-hybridized carbons (Fsp3) is 0.923. The molecule has 1 aliphatic heterocycles. The Morgan fingerprint density at radius 3 is 2.47 bits per heavy atom. The summed E-state index contributed by atoms with van der Waals surface area (Å²) in [5.74, 6) is 0.234. The Labute approximate surface area is 116 Å². The Morgan fingerprint density at radius 2 is 2.05 bits per heavy atom. The topological polar surface area (TPSA) is 80.5 Å². The van der Waals surface area contributed by atoms with Gasteiger partial charge < -0.3 is 10.6 Å². The standard InChI is InChI=1S/C13H26N2O3S/c1-4-5-7-15(13(16)12(14)10(2)3)11-6-8-19(17,18)9-11/h10-12H,4-9,14H2,1-3H3. The van der Waals surface area contributed by atoms with Crippen LogP contribution < -0.4 is 5.73 Å². The monoisotopic (exact) mass is 290 g/mol. The molecular weight excluding hydrogens is 264 g/mol. The van der Waals surface area contributed by atoms with E-state index in [1.807, 2.05) is 13.8 Å². The van der Waals surface area contributed by atoms with Crippen molar-refractivity contribution >= 4 is 15.7 Å². The van der Waals surface area contributed by atoms with E-state index in [2.05, 4.69) is 6.92 Å². The first-order valence-corrected chi connectivity index (χ1v) is 8.87. The molecule has 2 unspecified atom stereocenters. The van der Waals surface area contributed by atoms with E-state index in [0.717, 1.165) is 12.8 Å². The fourth-order valence-electron chi connectivity index (χ4n) is 2.30. The van der Waals surface area contributed by atoms with Crippen molar-refractivity contribution in [3.8, 4) is 0 Å². The Morgan fingerprint density at radius 1 is 1.42 bits per heavy atom. The molecule has 1 heterocycles. The van der Waals surface area contributed by atoms with Crippen LogP contribution in [0.5, 0.6) is 0 Å². The van der Waals surface area contributed by atoms with Gasteiger partial charge >= 0.3 is 0 Å². The summed E-state index contributed by atoms with van der Waals surface area (Å²) in [6.07, 6.45) is 2.40. The van der Waals surface area contributed by atoms with Crippen molar-refractivity contribution in [1.29, 1.82) is 0 Å². The minimum absolute atomic E-state index is 0.0645. The van der Waals surface area contributed by atoms with E-state index in [0.29, 0.717) is 13.0 Å². The third kappa shape index (κ3) is 4.45. The number of amides is 1. The van der Waals surface area contributed by atoms with Crippen molar-refractivity contribution in [3.05, 3.63) is 0 Å². The zero-order valence-corrected chi connectivity index (χ0v) is 12.9. The average Bonchev–Trinajstić information content (AvgIpc) is 2.68. The van der Waals surface area contributed by atoms with Crippen molar-refractivity contribution in [3.63, 3.8) is 0 Å². The summed E-state index contributed by atoms with van der Waals surface area (Å²) in [6.45, 7) is 6.48. The smallest absolute Gasteiger partial charge is 0.240 e. The van der Waals surface area contributed by atoms with Crippen LogP contribution in [0.2, 0.25) is 0 Å². The van der Waals surface area contributed by atoms with Crippen LogP contribution in [0.1, 0.15) is 40.0 Å². The Bertz CT molecular complexity index is 406. The maximum atomic E-state index is 12.4. The lowest BCUT2D eigenvalue weighted by Crippen LogP contribution is -2.51. The zero-order chi connectivity index (χ0) is 14.6. The quantitative estimate of drug-likeness (QED) is 0.784. The highest BCUT2D eigenvalue weighted by Crippen LogP contribution is 2.20. The first kappa shape index (κ1) is 16.4. The molecule has 1 saturated heterocycles. The number of carbonyl (C=O) groups excluding carboxylic acids is 1. The van der Waals surface area contributed by atoms with Gasteiger partial charge in [-0.05, 0) is 18.8 Å². The number of hydrogen-bond donors (Lipinski definition) is 1. The third-order valence-electron chi connectivity index (χ3n) is 3.69. The molecular formula is C13H26N2O3S. The molecule has 0 aliphatic carbocycles. The first-order chi connectivity index (χ1) is 8.78. The summed E-state index contributed by atoms with van der Waals surface area (Å²) in [5.41, 5.74) is 5.93. The summed E-state index contributed by atoms with van der Waals surface area (Å²) >= 11 is 0. The van der Waals surface area contributed by atoms with Gasteiger partial charge in [0.25, 0.3) is 0 Å². The van der Waals surface area contributed by atoms with Crippen molar-refractivity contribution in [1.82, 2.24) is 4.90 Å². The van der Waals surface area contributed by atoms with Gasteiger partial charge in [-0.1, -0.05) is 27.2 Å². The third-order valence-corrected chi connectivity index (χ3v) is 5.44. The number of unbranched alkanes of at least 4 members (excludes halogenated alkanes) is 1. The van der Waals surface area contributed by atoms with Crippen molar-refractivity contribution in [2.45, 2.75) is 52.1 Å². The largest absolute Gasteiger partial charge is 0.337 e. The molecule has 1 amide bonds. The van der Waals surface area contributed by atoms with E-state index in [9.17, 15) is 13.2 Å². The van der Waals surface area contributed by atoms with Crippen LogP contribution in [0.15, 0.2) is 0 Å². The minimum atomic E-state index is -2.98. The van der Waals surface area contributed by atoms with Crippen molar-refractivity contribution in [2.75, 3.05) is 18.1 Å². The van der Waals surface area contributed by atoms with Gasteiger partial charge in [0.2, 0.25) is 5.91 Å². The van der Waals surface area contributed by atoms with Crippen LogP contribution in [0.25, 0.3) is 0 Å². The molecule has 1 aliphatic rings. The molecule has 1 fully saturated rings. The van der Waals surface area contributed by atoms with Gasteiger partial charge in [0.15, 0.2) is 9.84 Å². The summed E-state index contributed by atoms with van der Waals surface area (Å²) in [5, 5.41) is 0. The molecule has 0 aromatic rings. The van der Waals surface area contributed by atoms with Crippen LogP contribution in [0.4, 0.5) is 0 Å². The molecule has 19 heavy (non-hydrogen) atoms. The Balaban J connectivity index is 2.80. The lowest BCUT2D eigenvalue weighted by atomic mass is 10.0. The highest BCUT2D eigenvalue weighted by Gasteiger charge is 2.36. The second-order valence-corrected chi connectivity index (χ2v) is 7.94. The van der Waals surface area contributed by atoms with Crippen LogP contribution in [0, 0.1) is 5.92 Å². The van der Waals surface area contributed by atoms with Crippen LogP contribution in [-0.4, -0.2) is 49.4 Å². The molecule has 1 rings (SSSR count). The molecule has 0 spiro atoms. The Hall–Kier alpha value is -0.620. The number of hydrogen-bond acceptors (Lipinski definition) is 4. The summed E-state index contributed by atoms with van der Waals surface area (Å²) in [4.78, 5) is 14.1. The van der Waals surface area contributed by atoms with E-state index in [4.69, 9.17) is 5.73 Å². The summed E-state index contributed by atoms with van der Waals surface area (Å²) in [7, 11) is -2.98. The molecule has 112 valence electrons. The average molecular weight is 290 g/mol. The minimum Gasteiger partial charge on any atom is -0.337 e. The van der Waals surface area contributed by atoms with Crippen LogP contribution >= 0.6 is 0 Å². The highest BCUT2D eigenvalue weighted by molar-refractivity contribution is 7.91. The predicted molar refractivity (Wildman–Crippen MR) is 76.5 cm³/mol. The van der Waals surface area contributed by atoms with Crippen LogP contribution in [-0.2, 0) is 14.6 Å². The SMILES string of the molecule is CCCCN(C(=O)C(N)C(C)C)C1CCS(=O)(=O)C1. The second kappa shape index (κ2) is 6.70. The van der Waals surface area contributed by atoms with E-state index < -0.39 is 15.9 Å². The second-order valence-electron chi connectivity index (χ2n) is 5.71. The molecule has 2 atom stereocenters. The van der Waals surface area contributed by atoms with Gasteiger partial charge in [-0.3, -0.25) is 4.79 Å². The van der Waals surface area contributed by atoms with Gasteiger partial charge in [-0.25, -0.2) is 8.42 Å². The molecule has 2 N–H and O–H groups in total. The van der Waals surface area contributed by atoms with Crippen LogP contribution in [0.3, 0.4) is 0 Å². The first-order valence-electron chi connectivity index (χ1n) is 7.05. The number of nitrogens with zero attached hydrogens (tertiary/aromatic N) is 1. The molecule has 6 heteroatoms. The van der Waals surface area contributed by atoms with Gasteiger partial charge in [0.05, 0.1) is 17.5 Å². The van der Waals surface area contributed by atoms with E-state index in [-0.39, 0.29) is 29.4 Å². The lowest BCUT2D eigenvalue weighted by Gasteiger charge is -2.31. The van der Waals surface area contributed by atoms with Gasteiger partial charge in [-0.2, -0.15) is 0 Å². The zero-order valence-electron chi connectivity index (χ0n) is 12.1. The lowest BCUT2D eigenvalue weighted by molar-refractivity contribution is -0.135. The number of nitrogens with two attached hydrogens (primary N) is 1. The molecule has 0 aromatic carbocycles. The van der Waals surface area contributed by atoms with E-state index in [1.54, 1.807) is 4.90 Å². The molecule has 0 aromatic heterocycles. The molecule has 5 nitrogen and oxygen atoms in total. The number of rotatable bonds is 6.